The lowest BCUT2D eigenvalue weighted by atomic mass is 11.0. The van der Waals surface area contributed by atoms with Crippen LogP contribution in [0.4, 0.5) is 0 Å². The van der Waals surface area contributed by atoms with Gasteiger partial charge in [-0.25, -0.2) is 0 Å². The van der Waals surface area contributed by atoms with Crippen molar-refractivity contribution in [1.82, 2.24) is 0 Å². The fourth-order valence-electron chi connectivity index (χ4n) is 0.167. The van der Waals surface area contributed by atoms with Gasteiger partial charge >= 0.3 is 0 Å². The Morgan fingerprint density at radius 3 is 2.29 bits per heavy atom. The number of hydrogen-bond acceptors (Lipinski definition) is 1. The van der Waals surface area contributed by atoms with Gasteiger partial charge in [-0.15, -0.1) is 17.0 Å². The van der Waals surface area contributed by atoms with Gasteiger partial charge in [0.05, 0.1) is 0 Å². The molecule has 4 heteroatoms. The molecule has 0 saturated heterocycles. The number of rotatable bonds is 1. The highest BCUT2D eigenvalue weighted by Crippen LogP contribution is 1.89. The molecule has 0 radical (unpaired) electrons. The van der Waals surface area contributed by atoms with Gasteiger partial charge in [0.15, 0.2) is 0 Å². The molecule has 0 fully saturated rings. The lowest BCUT2D eigenvalue weighted by Gasteiger charge is -1.78. The molecule has 0 bridgehead atoms. The zero-order valence-electron chi connectivity index (χ0n) is 4.18. The normalized spacial score (nSPS) is 7.00. The largest absolute Gasteiger partial charge is 0.299 e. The van der Waals surface area contributed by atoms with Gasteiger partial charge in [0.25, 0.3) is 5.17 Å². The monoisotopic (exact) mass is 185 g/mol. The molecule has 0 atom stereocenters. The summed E-state index contributed by atoms with van der Waals surface area (Å²) in [5, 5.41) is 5.52. The van der Waals surface area contributed by atoms with Crippen LogP contribution in [0.5, 0.6) is 0 Å². The van der Waals surface area contributed by atoms with Crippen LogP contribution in [-0.2, 0) is 0 Å². The van der Waals surface area contributed by atoms with E-state index in [9.17, 15) is 0 Å². The molecule has 0 aromatic heterocycles. The van der Waals surface area contributed by atoms with Crippen molar-refractivity contribution in [2.24, 2.45) is 5.73 Å². The highest BCUT2D eigenvalue weighted by molar-refractivity contribution is 8.93. The zero-order chi connectivity index (χ0) is 4.99. The van der Waals surface area contributed by atoms with Crippen molar-refractivity contribution in [3.8, 4) is 0 Å². The molecule has 0 aromatic rings. The van der Waals surface area contributed by atoms with Crippen LogP contribution in [0.3, 0.4) is 0 Å². The minimum Gasteiger partial charge on any atom is -0.282 e. The Labute approximate surface area is 58.1 Å². The summed E-state index contributed by atoms with van der Waals surface area (Å²) in [6.45, 7) is 2.00. The first-order chi connectivity index (χ1) is 2.77. The van der Waals surface area contributed by atoms with Crippen LogP contribution in [-0.4, -0.2) is 10.9 Å². The van der Waals surface area contributed by atoms with E-state index in [4.69, 9.17) is 11.1 Å². The van der Waals surface area contributed by atoms with Crippen LogP contribution < -0.4 is 11.1 Å². The second-order valence-electron chi connectivity index (χ2n) is 0.835. The molecule has 7 heavy (non-hydrogen) atoms. The molecule has 0 aliphatic heterocycles. The maximum absolute atomic E-state index is 5.06. The lowest BCUT2D eigenvalue weighted by Crippen LogP contribution is -2.43. The molecule has 0 aromatic carbocycles. The second-order valence-corrected chi connectivity index (χ2v) is 2.17. The maximum atomic E-state index is 5.06. The molecule has 0 unspecified atom stereocenters. The Morgan fingerprint density at radius 2 is 2.29 bits per heavy atom. The molecule has 0 spiro atoms. The van der Waals surface area contributed by atoms with Crippen LogP contribution in [0, 0.1) is 0 Å². The number of thioether (sulfide) groups is 1. The quantitative estimate of drug-likeness (QED) is 0.424. The average Bonchev–Trinajstić information content (AvgIpc) is 1.35. The van der Waals surface area contributed by atoms with E-state index >= 15 is 0 Å². The molecule has 4 N–H and O–H groups in total. The van der Waals surface area contributed by atoms with Crippen LogP contribution in [0.1, 0.15) is 6.92 Å². The minimum atomic E-state index is 0. The number of halogens is 1. The molecular weight excluding hydrogens is 176 g/mol. The van der Waals surface area contributed by atoms with E-state index in [0.29, 0.717) is 5.17 Å². The Bertz CT molecular complexity index is 56.9. The Hall–Kier alpha value is 0.300. The van der Waals surface area contributed by atoms with E-state index in [0.717, 1.165) is 5.75 Å². The van der Waals surface area contributed by atoms with Crippen molar-refractivity contribution >= 4 is 33.9 Å². The molecule has 0 aliphatic rings. The fourth-order valence-corrected chi connectivity index (χ4v) is 0.500. The van der Waals surface area contributed by atoms with E-state index in [1.165, 1.54) is 11.8 Å². The smallest absolute Gasteiger partial charge is 0.282 e. The van der Waals surface area contributed by atoms with Crippen molar-refractivity contribution in [3.05, 3.63) is 0 Å². The summed E-state index contributed by atoms with van der Waals surface area (Å²) in [6.07, 6.45) is 0. The highest BCUT2D eigenvalue weighted by Gasteiger charge is 1.87. The summed E-state index contributed by atoms with van der Waals surface area (Å²) < 4.78 is 0. The van der Waals surface area contributed by atoms with E-state index in [2.05, 4.69) is 0 Å². The summed E-state index contributed by atoms with van der Waals surface area (Å²) in [6, 6.07) is 0. The Morgan fingerprint density at radius 1 is 1.86 bits per heavy atom. The second kappa shape index (κ2) is 6.30. The SMILES string of the molecule is Br.CCSC(N)=[NH2+]. The first-order valence-electron chi connectivity index (χ1n) is 1.78. The number of nitrogens with two attached hydrogens (primary N) is 2. The summed E-state index contributed by atoms with van der Waals surface area (Å²) in [5.74, 6) is 0.961. The molecule has 0 amide bonds. The predicted octanol–water partition coefficient (Wildman–Crippen LogP) is -0.609. The Balaban J connectivity index is 0. The molecule has 0 rings (SSSR count). The van der Waals surface area contributed by atoms with Gasteiger partial charge in [-0.1, -0.05) is 6.92 Å². The van der Waals surface area contributed by atoms with Crippen molar-refractivity contribution in [2.75, 3.05) is 5.75 Å². The summed E-state index contributed by atoms with van der Waals surface area (Å²) in [7, 11) is 0. The van der Waals surface area contributed by atoms with Crippen molar-refractivity contribution in [1.29, 1.82) is 0 Å². The van der Waals surface area contributed by atoms with Crippen LogP contribution in [0.25, 0.3) is 0 Å². The third-order valence-corrected chi connectivity index (χ3v) is 0.933. The molecule has 0 aliphatic carbocycles. The standard InChI is InChI=1S/C3H8N2S.BrH/c1-2-6-3(4)5;/h2H2,1H3,(H3,4,5);1H/p+1. The first kappa shape index (κ1) is 10.3. The van der Waals surface area contributed by atoms with E-state index < -0.39 is 0 Å². The van der Waals surface area contributed by atoms with E-state index in [-0.39, 0.29) is 17.0 Å². The third-order valence-electron chi connectivity index (χ3n) is 0.311. The van der Waals surface area contributed by atoms with Crippen molar-refractivity contribution in [3.63, 3.8) is 0 Å². The third kappa shape index (κ3) is 10.7. The van der Waals surface area contributed by atoms with Crippen molar-refractivity contribution in [2.45, 2.75) is 6.92 Å². The van der Waals surface area contributed by atoms with Crippen LogP contribution in [0.2, 0.25) is 0 Å². The number of amidine groups is 1. The van der Waals surface area contributed by atoms with E-state index in [1.54, 1.807) is 0 Å². The average molecular weight is 186 g/mol. The first-order valence-corrected chi connectivity index (χ1v) is 2.76. The van der Waals surface area contributed by atoms with Gasteiger partial charge in [-0.3, -0.25) is 11.1 Å². The molecular formula is C3H10BrN2S+. The topological polar surface area (TPSA) is 51.6 Å². The zero-order valence-corrected chi connectivity index (χ0v) is 6.71. The number of hydrogen-bond donors (Lipinski definition) is 2. The van der Waals surface area contributed by atoms with Gasteiger partial charge in [0.2, 0.25) is 0 Å². The van der Waals surface area contributed by atoms with Gasteiger partial charge in [0, 0.05) is 5.75 Å². The van der Waals surface area contributed by atoms with Gasteiger partial charge < -0.3 is 0 Å². The predicted molar refractivity (Wildman–Crippen MR) is 39.6 cm³/mol. The molecule has 2 nitrogen and oxygen atoms in total. The van der Waals surface area contributed by atoms with Crippen molar-refractivity contribution < 1.29 is 5.41 Å². The fraction of sp³-hybridized carbons (Fsp3) is 0.667. The summed E-state index contributed by atoms with van der Waals surface area (Å²) in [4.78, 5) is 0. The Kier molecular flexibility index (Phi) is 9.28. The van der Waals surface area contributed by atoms with E-state index in [1.807, 2.05) is 6.92 Å². The molecule has 0 saturated carbocycles. The minimum absolute atomic E-state index is 0. The lowest BCUT2D eigenvalue weighted by molar-refractivity contribution is -0.110. The summed E-state index contributed by atoms with van der Waals surface area (Å²) in [5.41, 5.74) is 5.06. The summed E-state index contributed by atoms with van der Waals surface area (Å²) >= 11 is 1.46. The van der Waals surface area contributed by atoms with Crippen LogP contribution >= 0.6 is 28.7 Å². The maximum Gasteiger partial charge on any atom is 0.299 e. The van der Waals surface area contributed by atoms with Gasteiger partial charge in [-0.2, -0.15) is 0 Å². The van der Waals surface area contributed by atoms with Gasteiger partial charge in [-0.05, 0) is 11.8 Å². The van der Waals surface area contributed by atoms with Gasteiger partial charge in [0.1, 0.15) is 0 Å². The van der Waals surface area contributed by atoms with Crippen LogP contribution in [0.15, 0.2) is 0 Å². The molecule has 0 heterocycles. The molecule has 44 valence electrons. The highest BCUT2D eigenvalue weighted by atomic mass is 79.9.